The molecule has 3 aromatic rings. The molecule has 3 N–H and O–H groups in total. The van der Waals surface area contributed by atoms with Crippen molar-refractivity contribution in [2.24, 2.45) is 0 Å². The van der Waals surface area contributed by atoms with Crippen LogP contribution in [0, 0.1) is 0 Å². The van der Waals surface area contributed by atoms with Crippen molar-refractivity contribution in [2.75, 3.05) is 6.61 Å². The predicted molar refractivity (Wildman–Crippen MR) is 110 cm³/mol. The summed E-state index contributed by atoms with van der Waals surface area (Å²) >= 11 is 6.03. The van der Waals surface area contributed by atoms with Gasteiger partial charge in [-0.3, -0.25) is 4.79 Å². The van der Waals surface area contributed by atoms with Gasteiger partial charge in [-0.2, -0.15) is 0 Å². The molecule has 6 nitrogen and oxygen atoms in total. The maximum Gasteiger partial charge on any atom is 0.332 e. The van der Waals surface area contributed by atoms with Gasteiger partial charge in [0.15, 0.2) is 6.10 Å². The summed E-state index contributed by atoms with van der Waals surface area (Å²) in [5.74, 6) is -1.34. The zero-order chi connectivity index (χ0) is 20.5. The monoisotopic (exact) mass is 412 g/mol. The van der Waals surface area contributed by atoms with E-state index in [-0.39, 0.29) is 24.5 Å². The highest BCUT2D eigenvalue weighted by Crippen LogP contribution is 2.34. The van der Waals surface area contributed by atoms with Crippen molar-refractivity contribution < 1.29 is 19.4 Å². The second-order valence-electron chi connectivity index (χ2n) is 7.32. The van der Waals surface area contributed by atoms with Crippen LogP contribution in [0.25, 0.3) is 10.9 Å². The van der Waals surface area contributed by atoms with E-state index in [1.165, 1.54) is 6.92 Å². The molecule has 1 aromatic heterocycles. The molecule has 0 saturated heterocycles. The average Bonchev–Trinajstić information content (AvgIpc) is 3.26. The number of aromatic amines is 1. The van der Waals surface area contributed by atoms with E-state index >= 15 is 0 Å². The van der Waals surface area contributed by atoms with Crippen molar-refractivity contribution in [3.63, 3.8) is 0 Å². The smallest absolute Gasteiger partial charge is 0.332 e. The zero-order valence-electron chi connectivity index (χ0n) is 15.8. The van der Waals surface area contributed by atoms with Gasteiger partial charge in [0, 0.05) is 27.9 Å². The molecule has 0 spiro atoms. The van der Waals surface area contributed by atoms with Gasteiger partial charge in [-0.25, -0.2) is 4.79 Å². The lowest BCUT2D eigenvalue weighted by Gasteiger charge is -2.22. The number of benzene rings is 2. The molecule has 2 aromatic carbocycles. The molecule has 4 rings (SSSR count). The van der Waals surface area contributed by atoms with E-state index in [1.807, 2.05) is 30.3 Å². The number of hydrogen-bond donors (Lipinski definition) is 3. The Balaban J connectivity index is 1.53. The van der Waals surface area contributed by atoms with Crippen LogP contribution in [0.15, 0.2) is 48.5 Å². The van der Waals surface area contributed by atoms with Gasteiger partial charge in [0.1, 0.15) is 5.69 Å². The largest absolute Gasteiger partial charge is 0.479 e. The maximum absolute atomic E-state index is 12.9. The lowest BCUT2D eigenvalue weighted by atomic mass is 9.99. The van der Waals surface area contributed by atoms with E-state index in [0.29, 0.717) is 17.1 Å². The second-order valence-corrected chi connectivity index (χ2v) is 7.75. The van der Waals surface area contributed by atoms with E-state index < -0.39 is 12.1 Å². The first-order valence-electron chi connectivity index (χ1n) is 9.43. The molecule has 1 heterocycles. The highest BCUT2D eigenvalue weighted by atomic mass is 35.5. The van der Waals surface area contributed by atoms with E-state index in [1.54, 1.807) is 18.2 Å². The van der Waals surface area contributed by atoms with Crippen molar-refractivity contribution in [2.45, 2.75) is 31.4 Å². The van der Waals surface area contributed by atoms with Gasteiger partial charge in [0.05, 0.1) is 6.61 Å². The van der Waals surface area contributed by atoms with Gasteiger partial charge in [-0.1, -0.05) is 35.9 Å². The average molecular weight is 413 g/mol. The quantitative estimate of drug-likeness (QED) is 0.575. The Kier molecular flexibility index (Phi) is 5.30. The van der Waals surface area contributed by atoms with Crippen LogP contribution in [0.3, 0.4) is 0 Å². The first-order valence-corrected chi connectivity index (χ1v) is 9.81. The SMILES string of the molecule is CC(OC[C@@H]1c2ccccc2C[C@H]1NC(=O)c1cc2cc(Cl)ccc2[nH]1)C(=O)O. The number of nitrogens with one attached hydrogen (secondary N) is 2. The third kappa shape index (κ3) is 3.99. The van der Waals surface area contributed by atoms with Crippen molar-refractivity contribution in [3.8, 4) is 0 Å². The van der Waals surface area contributed by atoms with Gasteiger partial charge >= 0.3 is 5.97 Å². The maximum atomic E-state index is 12.9. The molecule has 1 aliphatic rings. The molecule has 0 radical (unpaired) electrons. The Bertz CT molecular complexity index is 1080. The zero-order valence-corrected chi connectivity index (χ0v) is 16.6. The number of carboxylic acid groups (broad SMARTS) is 1. The second kappa shape index (κ2) is 7.89. The van der Waals surface area contributed by atoms with Gasteiger partial charge in [0.25, 0.3) is 5.91 Å². The van der Waals surface area contributed by atoms with Crippen LogP contribution in [0.4, 0.5) is 0 Å². The summed E-state index contributed by atoms with van der Waals surface area (Å²) in [5, 5.41) is 13.7. The number of amides is 1. The molecule has 0 bridgehead atoms. The van der Waals surface area contributed by atoms with E-state index in [0.717, 1.165) is 22.0 Å². The molecule has 150 valence electrons. The highest BCUT2D eigenvalue weighted by molar-refractivity contribution is 6.31. The number of hydrogen-bond acceptors (Lipinski definition) is 3. The van der Waals surface area contributed by atoms with Crippen molar-refractivity contribution in [1.82, 2.24) is 10.3 Å². The lowest BCUT2D eigenvalue weighted by Crippen LogP contribution is -2.40. The molecule has 7 heteroatoms. The van der Waals surface area contributed by atoms with E-state index in [4.69, 9.17) is 21.4 Å². The number of carboxylic acids is 1. The first kappa shape index (κ1) is 19.5. The highest BCUT2D eigenvalue weighted by Gasteiger charge is 2.34. The van der Waals surface area contributed by atoms with Crippen LogP contribution >= 0.6 is 11.6 Å². The molecule has 1 amide bonds. The summed E-state index contributed by atoms with van der Waals surface area (Å²) in [6.45, 7) is 1.73. The topological polar surface area (TPSA) is 91.4 Å². The fraction of sp³-hybridized carbons (Fsp3) is 0.273. The Morgan fingerprint density at radius 2 is 2.07 bits per heavy atom. The molecule has 0 fully saturated rings. The van der Waals surface area contributed by atoms with Crippen LogP contribution < -0.4 is 5.32 Å². The fourth-order valence-electron chi connectivity index (χ4n) is 3.83. The third-order valence-electron chi connectivity index (χ3n) is 5.40. The van der Waals surface area contributed by atoms with Crippen molar-refractivity contribution in [3.05, 3.63) is 70.4 Å². The number of aromatic nitrogens is 1. The minimum absolute atomic E-state index is 0.115. The molecule has 0 saturated carbocycles. The molecule has 29 heavy (non-hydrogen) atoms. The van der Waals surface area contributed by atoms with Gasteiger partial charge in [-0.15, -0.1) is 0 Å². The van der Waals surface area contributed by atoms with E-state index in [2.05, 4.69) is 10.3 Å². The third-order valence-corrected chi connectivity index (χ3v) is 5.63. The number of rotatable bonds is 6. The molecule has 0 aliphatic heterocycles. The van der Waals surface area contributed by atoms with Gasteiger partial charge < -0.3 is 20.1 Å². The molecular formula is C22H21ClN2O4. The number of H-pyrrole nitrogens is 1. The van der Waals surface area contributed by atoms with E-state index in [9.17, 15) is 9.59 Å². The summed E-state index contributed by atoms with van der Waals surface area (Å²) < 4.78 is 5.55. The van der Waals surface area contributed by atoms with Gasteiger partial charge in [0.2, 0.25) is 0 Å². The fourth-order valence-corrected chi connectivity index (χ4v) is 4.01. The predicted octanol–water partition coefficient (Wildman–Crippen LogP) is 3.75. The summed E-state index contributed by atoms with van der Waals surface area (Å²) in [5.41, 5.74) is 3.51. The number of aliphatic carboxylic acids is 1. The van der Waals surface area contributed by atoms with Crippen LogP contribution in [0.1, 0.15) is 34.5 Å². The standard InChI is InChI=1S/C22H21ClN2O4/c1-12(22(27)28)29-11-17-16-5-3-2-4-13(16)9-19(17)25-21(26)20-10-14-8-15(23)6-7-18(14)24-20/h2-8,10,12,17,19,24H,9,11H2,1H3,(H,25,26)(H,27,28)/t12?,17-,19-/m1/s1. The van der Waals surface area contributed by atoms with Crippen molar-refractivity contribution in [1.29, 1.82) is 0 Å². The summed E-state index contributed by atoms with van der Waals surface area (Å²) in [6.07, 6.45) is -0.235. The Hall–Kier alpha value is -2.83. The van der Waals surface area contributed by atoms with Crippen LogP contribution in [0.5, 0.6) is 0 Å². The number of fused-ring (bicyclic) bond motifs is 2. The molecule has 3 atom stereocenters. The molecule has 1 unspecified atom stereocenters. The molecule has 1 aliphatic carbocycles. The van der Waals surface area contributed by atoms with Crippen LogP contribution in [0.2, 0.25) is 5.02 Å². The Labute approximate surface area is 172 Å². The minimum atomic E-state index is -1.01. The number of ether oxygens (including phenoxy) is 1. The van der Waals surface area contributed by atoms with Crippen LogP contribution in [-0.2, 0) is 16.0 Å². The summed E-state index contributed by atoms with van der Waals surface area (Å²) in [6, 6.07) is 14.9. The van der Waals surface area contributed by atoms with Crippen molar-refractivity contribution >= 4 is 34.4 Å². The number of halogens is 1. The Morgan fingerprint density at radius 1 is 1.28 bits per heavy atom. The number of carbonyl (C=O) groups is 2. The normalized spacial score (nSPS) is 19.1. The van der Waals surface area contributed by atoms with Gasteiger partial charge in [-0.05, 0) is 48.7 Å². The summed E-state index contributed by atoms with van der Waals surface area (Å²) in [7, 11) is 0. The van der Waals surface area contributed by atoms with Crippen LogP contribution in [-0.4, -0.2) is 40.7 Å². The minimum Gasteiger partial charge on any atom is -0.479 e. The number of carbonyl (C=O) groups excluding carboxylic acids is 1. The summed E-state index contributed by atoms with van der Waals surface area (Å²) in [4.78, 5) is 27.1. The first-order chi connectivity index (χ1) is 13.9. The lowest BCUT2D eigenvalue weighted by molar-refractivity contribution is -0.149. The molecular weight excluding hydrogens is 392 g/mol. The Morgan fingerprint density at radius 3 is 2.86 bits per heavy atom.